The number of amides is 1. The van der Waals surface area contributed by atoms with Gasteiger partial charge in [0, 0.05) is 5.39 Å². The van der Waals surface area contributed by atoms with Crippen molar-refractivity contribution in [3.63, 3.8) is 0 Å². The second-order valence-electron chi connectivity index (χ2n) is 4.16. The zero-order valence-electron chi connectivity index (χ0n) is 10.2. The molecule has 6 heteroatoms. The number of primary amides is 1. The van der Waals surface area contributed by atoms with Gasteiger partial charge in [0.05, 0.1) is 17.9 Å². The van der Waals surface area contributed by atoms with Gasteiger partial charge >= 0.3 is 0 Å². The van der Waals surface area contributed by atoms with Crippen molar-refractivity contribution in [2.75, 3.05) is 0 Å². The molecular formula is C13H11N5O. The number of carbonyl (C=O) groups is 1. The number of aromatic nitrogens is 4. The van der Waals surface area contributed by atoms with E-state index in [2.05, 4.69) is 15.3 Å². The van der Waals surface area contributed by atoms with Crippen molar-refractivity contribution in [3.8, 4) is 5.69 Å². The lowest BCUT2D eigenvalue weighted by molar-refractivity contribution is 0.0995. The van der Waals surface area contributed by atoms with Crippen molar-refractivity contribution >= 4 is 16.8 Å². The zero-order valence-corrected chi connectivity index (χ0v) is 10.2. The standard InChI is InChI=1S/C13H11N5O/c1-8-9-4-2-3-5-10(9)16-11(13(14)19)12(8)18-7-6-15-17-18/h2-7H,1H3,(H2,14,19). The molecule has 3 rings (SSSR count). The van der Waals surface area contributed by atoms with E-state index < -0.39 is 5.91 Å². The zero-order chi connectivity index (χ0) is 13.4. The molecule has 0 atom stereocenters. The molecule has 0 saturated heterocycles. The average molecular weight is 253 g/mol. The van der Waals surface area contributed by atoms with E-state index in [1.54, 1.807) is 12.4 Å². The van der Waals surface area contributed by atoms with Crippen LogP contribution in [-0.4, -0.2) is 25.9 Å². The van der Waals surface area contributed by atoms with Crippen LogP contribution in [-0.2, 0) is 0 Å². The largest absolute Gasteiger partial charge is 0.364 e. The van der Waals surface area contributed by atoms with Crippen molar-refractivity contribution < 1.29 is 4.79 Å². The van der Waals surface area contributed by atoms with Crippen LogP contribution in [0.2, 0.25) is 0 Å². The number of hydrogen-bond donors (Lipinski definition) is 1. The van der Waals surface area contributed by atoms with Gasteiger partial charge in [0.25, 0.3) is 5.91 Å². The number of rotatable bonds is 2. The van der Waals surface area contributed by atoms with Crippen molar-refractivity contribution in [1.82, 2.24) is 20.0 Å². The van der Waals surface area contributed by atoms with Crippen LogP contribution >= 0.6 is 0 Å². The van der Waals surface area contributed by atoms with Crippen LogP contribution in [0.4, 0.5) is 0 Å². The Hall–Kier alpha value is -2.76. The van der Waals surface area contributed by atoms with Crippen LogP contribution < -0.4 is 5.73 Å². The molecule has 94 valence electrons. The molecule has 1 amide bonds. The van der Waals surface area contributed by atoms with E-state index in [9.17, 15) is 4.79 Å². The molecule has 2 N–H and O–H groups in total. The predicted molar refractivity (Wildman–Crippen MR) is 69.9 cm³/mol. The van der Waals surface area contributed by atoms with E-state index >= 15 is 0 Å². The maximum atomic E-state index is 11.6. The molecule has 0 bridgehead atoms. The van der Waals surface area contributed by atoms with E-state index in [0.29, 0.717) is 5.69 Å². The Morgan fingerprint density at radius 2 is 2.11 bits per heavy atom. The fraction of sp³-hybridized carbons (Fsp3) is 0.0769. The molecule has 0 fully saturated rings. The Morgan fingerprint density at radius 3 is 2.79 bits per heavy atom. The van der Waals surface area contributed by atoms with Gasteiger partial charge in [0.15, 0.2) is 5.69 Å². The van der Waals surface area contributed by atoms with Crippen LogP contribution in [0.15, 0.2) is 36.7 Å². The van der Waals surface area contributed by atoms with Gasteiger partial charge in [0.1, 0.15) is 5.69 Å². The summed E-state index contributed by atoms with van der Waals surface area (Å²) < 4.78 is 1.51. The molecular weight excluding hydrogens is 242 g/mol. The van der Waals surface area contributed by atoms with Crippen molar-refractivity contribution in [1.29, 1.82) is 0 Å². The smallest absolute Gasteiger partial charge is 0.269 e. The monoisotopic (exact) mass is 253 g/mol. The first-order valence-electron chi connectivity index (χ1n) is 5.74. The summed E-state index contributed by atoms with van der Waals surface area (Å²) in [5, 5.41) is 8.63. The number of para-hydroxylation sites is 1. The third kappa shape index (κ3) is 1.74. The summed E-state index contributed by atoms with van der Waals surface area (Å²) in [4.78, 5) is 15.9. The number of fused-ring (bicyclic) bond motifs is 1. The summed E-state index contributed by atoms with van der Waals surface area (Å²) in [5.74, 6) is -0.584. The van der Waals surface area contributed by atoms with Gasteiger partial charge in [0.2, 0.25) is 0 Å². The third-order valence-electron chi connectivity index (χ3n) is 3.00. The summed E-state index contributed by atoms with van der Waals surface area (Å²) in [6.07, 6.45) is 3.20. The van der Waals surface area contributed by atoms with Gasteiger partial charge in [-0.15, -0.1) is 5.10 Å². The number of nitrogens with two attached hydrogens (primary N) is 1. The molecule has 0 aliphatic carbocycles. The molecule has 6 nitrogen and oxygen atoms in total. The first-order chi connectivity index (χ1) is 9.18. The lowest BCUT2D eigenvalue weighted by Crippen LogP contribution is -2.18. The fourth-order valence-electron chi connectivity index (χ4n) is 2.15. The minimum absolute atomic E-state index is 0.196. The van der Waals surface area contributed by atoms with E-state index in [0.717, 1.165) is 16.5 Å². The number of nitrogens with zero attached hydrogens (tertiary/aromatic N) is 4. The van der Waals surface area contributed by atoms with E-state index in [-0.39, 0.29) is 5.69 Å². The highest BCUT2D eigenvalue weighted by molar-refractivity contribution is 5.99. The van der Waals surface area contributed by atoms with Gasteiger partial charge in [-0.1, -0.05) is 23.4 Å². The molecule has 0 unspecified atom stereocenters. The highest BCUT2D eigenvalue weighted by Crippen LogP contribution is 2.25. The molecule has 0 aliphatic rings. The van der Waals surface area contributed by atoms with E-state index in [1.165, 1.54) is 4.68 Å². The van der Waals surface area contributed by atoms with Gasteiger partial charge < -0.3 is 5.73 Å². The van der Waals surface area contributed by atoms with Gasteiger partial charge in [-0.3, -0.25) is 4.79 Å². The second kappa shape index (κ2) is 4.16. The predicted octanol–water partition coefficient (Wildman–Crippen LogP) is 1.22. The topological polar surface area (TPSA) is 86.7 Å². The first-order valence-corrected chi connectivity index (χ1v) is 5.74. The summed E-state index contributed by atoms with van der Waals surface area (Å²) in [6.45, 7) is 1.91. The molecule has 0 spiro atoms. The van der Waals surface area contributed by atoms with Gasteiger partial charge in [-0.2, -0.15) is 0 Å². The number of hydrogen-bond acceptors (Lipinski definition) is 4. The lowest BCUT2D eigenvalue weighted by atomic mass is 10.1. The Balaban J connectivity index is 2.44. The maximum Gasteiger partial charge on any atom is 0.269 e. The summed E-state index contributed by atoms with van der Waals surface area (Å²) in [5.41, 5.74) is 7.81. The first kappa shape index (κ1) is 11.3. The second-order valence-corrected chi connectivity index (χ2v) is 4.16. The Bertz CT molecular complexity index is 764. The summed E-state index contributed by atoms with van der Waals surface area (Å²) in [6, 6.07) is 7.59. The normalized spacial score (nSPS) is 10.8. The molecule has 0 aliphatic heterocycles. The Morgan fingerprint density at radius 1 is 1.32 bits per heavy atom. The Kier molecular flexibility index (Phi) is 2.49. The molecule has 3 aromatic rings. The molecule has 2 heterocycles. The number of aryl methyl sites for hydroxylation is 1. The summed E-state index contributed by atoms with van der Waals surface area (Å²) >= 11 is 0. The molecule has 1 aromatic carbocycles. The van der Waals surface area contributed by atoms with Crippen LogP contribution in [0.25, 0.3) is 16.6 Å². The molecule has 19 heavy (non-hydrogen) atoms. The highest BCUT2D eigenvalue weighted by atomic mass is 16.1. The van der Waals surface area contributed by atoms with Crippen molar-refractivity contribution in [2.24, 2.45) is 5.73 Å². The molecule has 0 saturated carbocycles. The van der Waals surface area contributed by atoms with E-state index in [1.807, 2.05) is 31.2 Å². The van der Waals surface area contributed by atoms with E-state index in [4.69, 9.17) is 5.73 Å². The minimum atomic E-state index is -0.584. The van der Waals surface area contributed by atoms with Crippen LogP contribution in [0.3, 0.4) is 0 Å². The maximum absolute atomic E-state index is 11.6. The summed E-state index contributed by atoms with van der Waals surface area (Å²) in [7, 11) is 0. The van der Waals surface area contributed by atoms with Crippen molar-refractivity contribution in [3.05, 3.63) is 47.9 Å². The van der Waals surface area contributed by atoms with Crippen molar-refractivity contribution in [2.45, 2.75) is 6.92 Å². The van der Waals surface area contributed by atoms with Gasteiger partial charge in [-0.05, 0) is 18.6 Å². The quantitative estimate of drug-likeness (QED) is 0.744. The minimum Gasteiger partial charge on any atom is -0.364 e. The van der Waals surface area contributed by atoms with Gasteiger partial charge in [-0.25, -0.2) is 9.67 Å². The fourth-order valence-corrected chi connectivity index (χ4v) is 2.15. The van der Waals surface area contributed by atoms with Crippen LogP contribution in [0.1, 0.15) is 16.1 Å². The molecule has 2 aromatic heterocycles. The third-order valence-corrected chi connectivity index (χ3v) is 3.00. The number of benzene rings is 1. The van der Waals surface area contributed by atoms with Crippen LogP contribution in [0.5, 0.6) is 0 Å². The Labute approximate surface area is 108 Å². The average Bonchev–Trinajstić information content (AvgIpc) is 2.92. The SMILES string of the molecule is Cc1c(-n2ccnn2)c(C(N)=O)nc2ccccc12. The number of carbonyl (C=O) groups excluding carboxylic acids is 1. The number of pyridine rings is 1. The molecule has 0 radical (unpaired) electrons. The lowest BCUT2D eigenvalue weighted by Gasteiger charge is -2.12. The van der Waals surface area contributed by atoms with Crippen LogP contribution in [0, 0.1) is 6.92 Å². The highest BCUT2D eigenvalue weighted by Gasteiger charge is 2.18.